The molecule has 0 bridgehead atoms. The number of benzene rings is 5. The molecule has 8 aromatic rings. The predicted octanol–water partition coefficient (Wildman–Crippen LogP) is 11.4. The summed E-state index contributed by atoms with van der Waals surface area (Å²) in [5.74, 6) is -1.18. The molecular formula is C46H39FIrN2OSi-2. The summed E-state index contributed by atoms with van der Waals surface area (Å²) in [7, 11) is -1.64. The average Bonchev–Trinajstić information content (AvgIpc) is 3.56. The van der Waals surface area contributed by atoms with Crippen LogP contribution in [0.3, 0.4) is 0 Å². The van der Waals surface area contributed by atoms with E-state index in [0.717, 1.165) is 33.2 Å². The van der Waals surface area contributed by atoms with Crippen LogP contribution in [0.2, 0.25) is 19.6 Å². The molecular weight excluding hydrogens is 836 g/mol. The van der Waals surface area contributed by atoms with Crippen LogP contribution in [0.4, 0.5) is 4.39 Å². The topological polar surface area (TPSA) is 38.9 Å². The van der Waals surface area contributed by atoms with Gasteiger partial charge in [0.15, 0.2) is 0 Å². The Morgan fingerprint density at radius 1 is 0.769 bits per heavy atom. The van der Waals surface area contributed by atoms with Crippen molar-refractivity contribution in [2.45, 2.75) is 38.8 Å². The van der Waals surface area contributed by atoms with Crippen LogP contribution in [0.25, 0.3) is 44.5 Å². The molecule has 0 saturated carbocycles. The van der Waals surface area contributed by atoms with Gasteiger partial charge in [0.2, 0.25) is 0 Å². The molecule has 0 amide bonds. The summed E-state index contributed by atoms with van der Waals surface area (Å²) >= 11 is 0. The molecule has 0 spiro atoms. The summed E-state index contributed by atoms with van der Waals surface area (Å²) in [4.78, 5) is 9.13. The minimum absolute atomic E-state index is 0. The van der Waals surface area contributed by atoms with Crippen LogP contribution < -0.4 is 5.19 Å². The first-order valence-electron chi connectivity index (χ1n) is 18.4. The molecule has 3 aromatic heterocycles. The summed E-state index contributed by atoms with van der Waals surface area (Å²) in [6.45, 7) is 8.91. The SMILES string of the molecule is [2H]C(C)(c1ccccc1)c1cc(-c2[c-]cccc2)ncc1[Si](C)(C)C.[2H]C([2H])(c1ccccc1)c1ccnc(-c2[c-]ccc3c2oc2cc(F)ccc23)c1.[Ir]. The Labute approximate surface area is 324 Å². The Hall–Kier alpha value is -5.00. The van der Waals surface area contributed by atoms with Gasteiger partial charge in [0.05, 0.1) is 13.7 Å². The second-order valence-electron chi connectivity index (χ2n) is 13.4. The van der Waals surface area contributed by atoms with Crippen molar-refractivity contribution in [1.82, 2.24) is 9.97 Å². The van der Waals surface area contributed by atoms with Gasteiger partial charge in [0.25, 0.3) is 0 Å². The van der Waals surface area contributed by atoms with Gasteiger partial charge >= 0.3 is 0 Å². The largest absolute Gasteiger partial charge is 0.500 e. The number of pyridine rings is 2. The normalized spacial score (nSPS) is 13.5. The first-order valence-corrected chi connectivity index (χ1v) is 20.4. The zero-order chi connectivity index (χ0) is 38.1. The van der Waals surface area contributed by atoms with E-state index in [1.165, 1.54) is 17.3 Å². The van der Waals surface area contributed by atoms with Crippen molar-refractivity contribution in [3.8, 4) is 22.5 Å². The third-order valence-electron chi connectivity index (χ3n) is 8.78. The summed E-state index contributed by atoms with van der Waals surface area (Å²) in [5.41, 5.74) is 7.14. The van der Waals surface area contributed by atoms with E-state index in [1.807, 2.05) is 92.0 Å². The second-order valence-corrected chi connectivity index (χ2v) is 18.4. The Morgan fingerprint density at radius 3 is 2.25 bits per heavy atom. The Bertz CT molecular complexity index is 2560. The van der Waals surface area contributed by atoms with Crippen molar-refractivity contribution in [2.75, 3.05) is 0 Å². The van der Waals surface area contributed by atoms with Crippen molar-refractivity contribution in [2.24, 2.45) is 0 Å². The van der Waals surface area contributed by atoms with Gasteiger partial charge in [-0.25, -0.2) is 4.39 Å². The Balaban J connectivity index is 0.000000186. The van der Waals surface area contributed by atoms with E-state index in [9.17, 15) is 5.76 Å². The maximum absolute atomic E-state index is 13.6. The monoisotopic (exact) mass is 878 g/mol. The average molecular weight is 878 g/mol. The van der Waals surface area contributed by atoms with Crippen LogP contribution in [0.5, 0.6) is 0 Å². The first-order chi connectivity index (χ1) is 25.8. The number of halogens is 1. The van der Waals surface area contributed by atoms with Crippen molar-refractivity contribution < 1.29 is 33.0 Å². The zero-order valence-corrected chi connectivity index (χ0v) is 32.8. The molecule has 0 aliphatic rings. The van der Waals surface area contributed by atoms with E-state index >= 15 is 0 Å². The van der Waals surface area contributed by atoms with Crippen molar-refractivity contribution in [1.29, 1.82) is 0 Å². The molecule has 0 N–H and O–H groups in total. The molecule has 5 aromatic carbocycles. The van der Waals surface area contributed by atoms with Gasteiger partial charge in [-0.05, 0) is 63.4 Å². The van der Waals surface area contributed by atoms with Crippen LogP contribution in [0.1, 0.15) is 39.2 Å². The predicted molar refractivity (Wildman–Crippen MR) is 210 cm³/mol. The fourth-order valence-corrected chi connectivity index (χ4v) is 7.67. The van der Waals surface area contributed by atoms with Gasteiger partial charge in [-0.15, -0.1) is 54.1 Å². The van der Waals surface area contributed by atoms with Gasteiger partial charge < -0.3 is 14.4 Å². The van der Waals surface area contributed by atoms with Crippen LogP contribution in [-0.4, -0.2) is 18.0 Å². The summed E-state index contributed by atoms with van der Waals surface area (Å²) in [6.07, 6.45) is 1.90. The van der Waals surface area contributed by atoms with Crippen LogP contribution in [0, 0.1) is 17.9 Å². The van der Waals surface area contributed by atoms with E-state index in [4.69, 9.17) is 12.1 Å². The minimum Gasteiger partial charge on any atom is -0.500 e. The summed E-state index contributed by atoms with van der Waals surface area (Å²) in [6, 6.07) is 47.0. The molecule has 261 valence electrons. The molecule has 52 heavy (non-hydrogen) atoms. The molecule has 6 heteroatoms. The molecule has 1 unspecified atom stereocenters. The quantitative estimate of drug-likeness (QED) is 0.118. The number of furan rings is 1. The summed E-state index contributed by atoms with van der Waals surface area (Å²) in [5, 5.41) is 2.90. The number of hydrogen-bond donors (Lipinski definition) is 0. The number of aromatic nitrogens is 2. The van der Waals surface area contributed by atoms with Crippen LogP contribution in [-0.2, 0) is 26.5 Å². The second kappa shape index (κ2) is 16.1. The molecule has 0 aliphatic heterocycles. The van der Waals surface area contributed by atoms with Gasteiger partial charge in [-0.3, -0.25) is 0 Å². The van der Waals surface area contributed by atoms with Crippen LogP contribution in [0.15, 0.2) is 150 Å². The van der Waals surface area contributed by atoms with E-state index in [1.54, 1.807) is 42.6 Å². The summed E-state index contributed by atoms with van der Waals surface area (Å²) < 4.78 is 45.9. The minimum atomic E-state index is -1.68. The fourth-order valence-electron chi connectivity index (χ4n) is 6.15. The molecule has 0 aliphatic carbocycles. The van der Waals surface area contributed by atoms with E-state index in [-0.39, 0.29) is 25.9 Å². The molecule has 0 fully saturated rings. The van der Waals surface area contributed by atoms with E-state index in [0.29, 0.717) is 33.6 Å². The number of fused-ring (bicyclic) bond motifs is 3. The van der Waals surface area contributed by atoms with E-state index < -0.39 is 20.3 Å². The Kier molecular flexibility index (Phi) is 10.2. The van der Waals surface area contributed by atoms with Gasteiger partial charge in [-0.1, -0.05) is 110 Å². The van der Waals surface area contributed by atoms with E-state index in [2.05, 4.69) is 42.8 Å². The smallest absolute Gasteiger partial charge is 0.126 e. The fraction of sp³-hybridized carbons (Fsp3) is 0.130. The molecule has 3 nitrogen and oxygen atoms in total. The van der Waals surface area contributed by atoms with Gasteiger partial charge in [-0.2, -0.15) is 0 Å². The van der Waals surface area contributed by atoms with Crippen molar-refractivity contribution in [3.63, 3.8) is 0 Å². The maximum Gasteiger partial charge on any atom is 0.126 e. The van der Waals surface area contributed by atoms with Crippen molar-refractivity contribution in [3.05, 3.63) is 186 Å². The van der Waals surface area contributed by atoms with Gasteiger partial charge in [0, 0.05) is 54.0 Å². The molecule has 8 rings (SSSR count). The molecule has 1 atom stereocenters. The Morgan fingerprint density at radius 2 is 1.52 bits per heavy atom. The number of nitrogens with zero attached hydrogens (tertiary/aromatic N) is 2. The standard InChI is InChI=1S/C24H15FNO.C22H24NSi.Ir/c25-18-9-10-19-20-7-4-8-21(24(20)27-23(19)15-18)22-14-17(11-12-26-22)13-16-5-2-1-3-6-16;1-17(18-11-7-5-8-12-18)20-15-21(19-13-9-6-10-14-19)23-16-22(20)24(2,3)4;/h1-7,9-12,14-15H,13H2;5-13,15-17H,1-4H3;/q2*-1;/i13D2;17D;. The molecule has 0 saturated heterocycles. The van der Waals surface area contributed by atoms with Crippen LogP contribution >= 0.6 is 0 Å². The molecule has 1 radical (unpaired) electrons. The third-order valence-corrected chi connectivity index (χ3v) is 10.8. The first kappa shape index (κ1) is 32.9. The zero-order valence-electron chi connectivity index (χ0n) is 32.4. The number of rotatable bonds is 7. The molecule has 3 heterocycles. The van der Waals surface area contributed by atoms with Crippen molar-refractivity contribution >= 4 is 35.2 Å². The van der Waals surface area contributed by atoms with Gasteiger partial charge in [0.1, 0.15) is 11.4 Å². The maximum atomic E-state index is 13.6. The third kappa shape index (κ3) is 8.21. The number of hydrogen-bond acceptors (Lipinski definition) is 3.